The molecule has 1 aromatic heterocycles. The molecule has 4 nitrogen and oxygen atoms in total. The number of para-hydroxylation sites is 3. The number of benzene rings is 2. The Morgan fingerprint density at radius 1 is 1.13 bits per heavy atom. The first kappa shape index (κ1) is 14.3. The van der Waals surface area contributed by atoms with Crippen molar-refractivity contribution in [1.82, 2.24) is 9.55 Å². The average molecular weight is 323 g/mol. The Kier molecular flexibility index (Phi) is 3.58. The fourth-order valence-corrected chi connectivity index (χ4v) is 4.15. The number of aromatic nitrogens is 2. The quantitative estimate of drug-likeness (QED) is 0.734. The van der Waals surface area contributed by atoms with Crippen LogP contribution in [0.5, 0.6) is 0 Å². The van der Waals surface area contributed by atoms with Gasteiger partial charge in [-0.15, -0.1) is 0 Å². The number of thioether (sulfide) groups is 1. The van der Waals surface area contributed by atoms with Crippen LogP contribution in [0.25, 0.3) is 11.0 Å². The normalized spacial score (nSPS) is 16.7. The number of hydrogen-bond donors (Lipinski definition) is 0. The number of hydrogen-bond acceptors (Lipinski definition) is 4. The lowest BCUT2D eigenvalue weighted by atomic mass is 10.2. The summed E-state index contributed by atoms with van der Waals surface area (Å²) in [5.41, 5.74) is 2.94. The van der Waals surface area contributed by atoms with E-state index in [9.17, 15) is 4.79 Å². The van der Waals surface area contributed by atoms with Crippen molar-refractivity contribution in [1.29, 1.82) is 0 Å². The monoisotopic (exact) mass is 323 g/mol. The summed E-state index contributed by atoms with van der Waals surface area (Å²) < 4.78 is 1.77. The van der Waals surface area contributed by atoms with E-state index in [-0.39, 0.29) is 11.2 Å². The van der Waals surface area contributed by atoms with Gasteiger partial charge in [0.05, 0.1) is 11.0 Å². The SMILES string of the molecule is CCN(CC1Sc2nc3ccccc3n2C1=O)c1ccccc1. The third kappa shape index (κ3) is 2.41. The lowest BCUT2D eigenvalue weighted by Gasteiger charge is -2.25. The lowest BCUT2D eigenvalue weighted by Crippen LogP contribution is -2.34. The molecule has 0 fully saturated rings. The second kappa shape index (κ2) is 5.74. The second-order valence-electron chi connectivity index (χ2n) is 5.54. The summed E-state index contributed by atoms with van der Waals surface area (Å²) in [5.74, 6) is 0.132. The molecule has 0 bridgehead atoms. The van der Waals surface area contributed by atoms with Gasteiger partial charge in [-0.05, 0) is 31.2 Å². The molecule has 1 aliphatic rings. The molecule has 0 saturated heterocycles. The smallest absolute Gasteiger partial charge is 0.248 e. The summed E-state index contributed by atoms with van der Waals surface area (Å²) in [6.45, 7) is 3.68. The maximum atomic E-state index is 12.8. The second-order valence-corrected chi connectivity index (χ2v) is 6.71. The van der Waals surface area contributed by atoms with E-state index in [1.807, 2.05) is 42.5 Å². The van der Waals surface area contributed by atoms with Crippen molar-refractivity contribution in [3.8, 4) is 0 Å². The molecule has 5 heteroatoms. The Morgan fingerprint density at radius 2 is 1.87 bits per heavy atom. The Labute approximate surface area is 139 Å². The molecule has 0 amide bonds. The summed E-state index contributed by atoms with van der Waals surface area (Å²) in [6.07, 6.45) is 0. The molecule has 2 heterocycles. The van der Waals surface area contributed by atoms with Gasteiger partial charge in [-0.3, -0.25) is 9.36 Å². The maximum absolute atomic E-state index is 12.8. The highest BCUT2D eigenvalue weighted by molar-refractivity contribution is 8.01. The van der Waals surface area contributed by atoms with Crippen LogP contribution in [0, 0.1) is 0 Å². The number of fused-ring (bicyclic) bond motifs is 3. The number of anilines is 1. The zero-order valence-electron chi connectivity index (χ0n) is 12.8. The van der Waals surface area contributed by atoms with Gasteiger partial charge in [0.1, 0.15) is 5.25 Å². The Morgan fingerprint density at radius 3 is 2.65 bits per heavy atom. The summed E-state index contributed by atoms with van der Waals surface area (Å²) in [6, 6.07) is 18.0. The van der Waals surface area contributed by atoms with Crippen LogP contribution >= 0.6 is 11.8 Å². The highest BCUT2D eigenvalue weighted by atomic mass is 32.2. The predicted octanol–water partition coefficient (Wildman–Crippen LogP) is 3.68. The molecule has 0 spiro atoms. The van der Waals surface area contributed by atoms with E-state index >= 15 is 0 Å². The zero-order chi connectivity index (χ0) is 15.8. The molecule has 1 aliphatic heterocycles. The predicted molar refractivity (Wildman–Crippen MR) is 94.3 cm³/mol. The van der Waals surface area contributed by atoms with Crippen LogP contribution in [-0.4, -0.2) is 33.8 Å². The van der Waals surface area contributed by atoms with E-state index in [0.29, 0.717) is 6.54 Å². The van der Waals surface area contributed by atoms with Crippen LogP contribution in [0.3, 0.4) is 0 Å². The molecule has 4 rings (SSSR count). The number of imidazole rings is 1. The summed E-state index contributed by atoms with van der Waals surface area (Å²) >= 11 is 1.57. The summed E-state index contributed by atoms with van der Waals surface area (Å²) in [7, 11) is 0. The molecule has 23 heavy (non-hydrogen) atoms. The van der Waals surface area contributed by atoms with Crippen LogP contribution in [0.15, 0.2) is 59.8 Å². The third-order valence-electron chi connectivity index (χ3n) is 4.16. The van der Waals surface area contributed by atoms with Crippen molar-refractivity contribution < 1.29 is 4.79 Å². The van der Waals surface area contributed by atoms with Gasteiger partial charge in [-0.1, -0.05) is 42.1 Å². The Hall–Kier alpha value is -2.27. The van der Waals surface area contributed by atoms with E-state index in [2.05, 4.69) is 28.9 Å². The van der Waals surface area contributed by atoms with E-state index in [4.69, 9.17) is 0 Å². The number of rotatable bonds is 4. The molecule has 0 N–H and O–H groups in total. The van der Waals surface area contributed by atoms with Crippen molar-refractivity contribution in [3.05, 3.63) is 54.6 Å². The molecule has 1 unspecified atom stereocenters. The van der Waals surface area contributed by atoms with Gasteiger partial charge in [-0.2, -0.15) is 0 Å². The molecule has 0 aliphatic carbocycles. The first-order chi connectivity index (χ1) is 11.3. The van der Waals surface area contributed by atoms with E-state index in [0.717, 1.165) is 28.4 Å². The van der Waals surface area contributed by atoms with Crippen molar-refractivity contribution in [2.75, 3.05) is 18.0 Å². The minimum atomic E-state index is -0.109. The third-order valence-corrected chi connectivity index (χ3v) is 5.28. The van der Waals surface area contributed by atoms with Gasteiger partial charge in [0.25, 0.3) is 0 Å². The molecular formula is C18H17N3OS. The van der Waals surface area contributed by atoms with E-state index in [1.54, 1.807) is 16.3 Å². The minimum Gasteiger partial charge on any atom is -0.370 e. The van der Waals surface area contributed by atoms with Gasteiger partial charge in [0, 0.05) is 18.8 Å². The largest absolute Gasteiger partial charge is 0.370 e. The lowest BCUT2D eigenvalue weighted by molar-refractivity contribution is 0.0916. The van der Waals surface area contributed by atoms with Gasteiger partial charge in [-0.25, -0.2) is 4.98 Å². The fraction of sp³-hybridized carbons (Fsp3) is 0.222. The molecule has 0 radical (unpaired) electrons. The molecule has 0 saturated carbocycles. The zero-order valence-corrected chi connectivity index (χ0v) is 13.7. The number of nitrogens with zero attached hydrogens (tertiary/aromatic N) is 3. The van der Waals surface area contributed by atoms with Crippen molar-refractivity contribution in [3.63, 3.8) is 0 Å². The highest BCUT2D eigenvalue weighted by Crippen LogP contribution is 2.35. The van der Waals surface area contributed by atoms with Crippen molar-refractivity contribution in [2.45, 2.75) is 17.3 Å². The van der Waals surface area contributed by atoms with Crippen LogP contribution in [-0.2, 0) is 0 Å². The average Bonchev–Trinajstić information content (AvgIpc) is 3.10. The van der Waals surface area contributed by atoms with Crippen LogP contribution in [0.1, 0.15) is 11.7 Å². The van der Waals surface area contributed by atoms with Gasteiger partial charge in [0.15, 0.2) is 5.16 Å². The number of carbonyl (C=O) groups is 1. The fourth-order valence-electron chi connectivity index (χ4n) is 2.99. The minimum absolute atomic E-state index is 0.109. The van der Waals surface area contributed by atoms with Gasteiger partial charge in [0.2, 0.25) is 5.91 Å². The topological polar surface area (TPSA) is 38.1 Å². The summed E-state index contributed by atoms with van der Waals surface area (Å²) in [4.78, 5) is 19.7. The number of carbonyl (C=O) groups excluding carboxylic acids is 1. The van der Waals surface area contributed by atoms with Crippen LogP contribution in [0.4, 0.5) is 5.69 Å². The molecule has 1 atom stereocenters. The molecule has 116 valence electrons. The summed E-state index contributed by atoms with van der Waals surface area (Å²) in [5, 5.41) is 0.701. The highest BCUT2D eigenvalue weighted by Gasteiger charge is 2.35. The van der Waals surface area contributed by atoms with Gasteiger partial charge < -0.3 is 4.90 Å². The van der Waals surface area contributed by atoms with Crippen LogP contribution < -0.4 is 4.90 Å². The van der Waals surface area contributed by atoms with Crippen LogP contribution in [0.2, 0.25) is 0 Å². The Bertz CT molecular complexity index is 859. The Balaban J connectivity index is 1.61. The van der Waals surface area contributed by atoms with Crippen molar-refractivity contribution in [2.24, 2.45) is 0 Å². The van der Waals surface area contributed by atoms with E-state index in [1.165, 1.54) is 0 Å². The maximum Gasteiger partial charge on any atom is 0.248 e. The molecule has 2 aromatic carbocycles. The first-order valence-electron chi connectivity index (χ1n) is 7.76. The van der Waals surface area contributed by atoms with Crippen molar-refractivity contribution >= 4 is 34.4 Å². The molecule has 3 aromatic rings. The van der Waals surface area contributed by atoms with E-state index < -0.39 is 0 Å². The first-order valence-corrected chi connectivity index (χ1v) is 8.64. The molecular weight excluding hydrogens is 306 g/mol. The standard InChI is InChI=1S/C18H17N3OS/c1-2-20(13-8-4-3-5-9-13)12-16-17(22)21-15-11-7-6-10-14(15)19-18(21)23-16/h3-11,16H,2,12H2,1H3. The van der Waals surface area contributed by atoms with Gasteiger partial charge >= 0.3 is 0 Å².